The molecule has 0 aliphatic heterocycles. The Balaban J connectivity index is 3.36. The topological polar surface area (TPSA) is 49.7 Å². The zero-order valence-electron chi connectivity index (χ0n) is 5.84. The molecule has 1 aromatic rings. The van der Waals surface area contributed by atoms with Crippen molar-refractivity contribution in [3.8, 4) is 5.75 Å². The Labute approximate surface area is 62.5 Å². The van der Waals surface area contributed by atoms with Gasteiger partial charge in [-0.05, 0) is 24.2 Å². The van der Waals surface area contributed by atoms with Gasteiger partial charge >= 0.3 is 0 Å². The molecule has 0 unspecified atom stereocenters. The van der Waals surface area contributed by atoms with E-state index < -0.39 is 11.6 Å². The lowest BCUT2D eigenvalue weighted by atomic mass is 10.2. The molecular formula is C7H6FNO2. The summed E-state index contributed by atoms with van der Waals surface area (Å²) in [5, 5.41) is 11.4. The van der Waals surface area contributed by atoms with Gasteiger partial charge in [0.15, 0.2) is 11.6 Å². The lowest BCUT2D eigenvalue weighted by Crippen LogP contribution is -1.82. The number of nitrogens with zero attached hydrogens (tertiary/aromatic N) is 1. The fraction of sp³-hybridized carbons (Fsp3) is 0.143. The van der Waals surface area contributed by atoms with E-state index in [1.807, 2.05) is 0 Å². The van der Waals surface area contributed by atoms with E-state index in [0.717, 1.165) is 6.07 Å². The lowest BCUT2D eigenvalue weighted by Gasteiger charge is -1.99. The van der Waals surface area contributed by atoms with Gasteiger partial charge in [0.2, 0.25) is 0 Å². The van der Waals surface area contributed by atoms with Crippen molar-refractivity contribution in [1.82, 2.24) is 0 Å². The molecule has 0 bridgehead atoms. The molecule has 0 saturated heterocycles. The van der Waals surface area contributed by atoms with Gasteiger partial charge in [-0.2, -0.15) is 0 Å². The third kappa shape index (κ3) is 1.19. The molecule has 0 aliphatic rings. The predicted molar refractivity (Wildman–Crippen MR) is 38.3 cm³/mol. The van der Waals surface area contributed by atoms with Crippen molar-refractivity contribution in [3.63, 3.8) is 0 Å². The van der Waals surface area contributed by atoms with E-state index in [0.29, 0.717) is 0 Å². The molecule has 0 atom stereocenters. The molecule has 1 aromatic carbocycles. The Morgan fingerprint density at radius 2 is 2.18 bits per heavy atom. The molecule has 0 spiro atoms. The van der Waals surface area contributed by atoms with Crippen LogP contribution in [0.1, 0.15) is 5.56 Å². The molecule has 0 radical (unpaired) electrons. The zero-order valence-corrected chi connectivity index (χ0v) is 5.84. The summed E-state index contributed by atoms with van der Waals surface area (Å²) >= 11 is 0. The maximum absolute atomic E-state index is 12.7. The van der Waals surface area contributed by atoms with E-state index in [1.54, 1.807) is 0 Å². The van der Waals surface area contributed by atoms with Crippen LogP contribution in [0.3, 0.4) is 0 Å². The molecule has 0 heterocycles. The second kappa shape index (κ2) is 2.65. The van der Waals surface area contributed by atoms with Crippen LogP contribution >= 0.6 is 0 Å². The van der Waals surface area contributed by atoms with Crippen molar-refractivity contribution in [2.24, 2.45) is 5.18 Å². The second-order valence-electron chi connectivity index (χ2n) is 2.13. The molecule has 0 amide bonds. The number of benzene rings is 1. The molecular weight excluding hydrogens is 149 g/mol. The van der Waals surface area contributed by atoms with Crippen LogP contribution in [0, 0.1) is 17.6 Å². The van der Waals surface area contributed by atoms with Crippen LogP contribution in [0.4, 0.5) is 10.1 Å². The van der Waals surface area contributed by atoms with Crippen LogP contribution in [-0.2, 0) is 0 Å². The highest BCUT2D eigenvalue weighted by atomic mass is 19.1. The number of phenolic OH excluding ortho intramolecular Hbond substituents is 1. The van der Waals surface area contributed by atoms with E-state index in [-0.39, 0.29) is 11.3 Å². The average Bonchev–Trinajstić information content (AvgIpc) is 2.01. The minimum atomic E-state index is -0.790. The molecule has 4 heteroatoms. The number of halogens is 1. The standard InChI is InChI=1S/C7H6FNO2/c1-4-5(9-11)2-3-6(10)7(4)8/h2-3,10H,1H3. The molecule has 0 saturated carbocycles. The van der Waals surface area contributed by atoms with E-state index in [1.165, 1.54) is 13.0 Å². The van der Waals surface area contributed by atoms with Crippen LogP contribution < -0.4 is 0 Å². The molecule has 1 rings (SSSR count). The van der Waals surface area contributed by atoms with Gasteiger partial charge < -0.3 is 5.11 Å². The van der Waals surface area contributed by atoms with Crippen LogP contribution in [0.15, 0.2) is 17.3 Å². The largest absolute Gasteiger partial charge is 0.505 e. The third-order valence-corrected chi connectivity index (χ3v) is 1.44. The number of nitroso groups, excluding NO2 is 1. The Hall–Kier alpha value is -1.45. The highest BCUT2D eigenvalue weighted by molar-refractivity contribution is 5.49. The van der Waals surface area contributed by atoms with Gasteiger partial charge in [-0.1, -0.05) is 0 Å². The molecule has 0 aliphatic carbocycles. The fourth-order valence-electron chi connectivity index (χ4n) is 0.759. The summed E-state index contributed by atoms with van der Waals surface area (Å²) in [6.45, 7) is 1.38. The van der Waals surface area contributed by atoms with Gasteiger partial charge in [-0.15, -0.1) is 4.91 Å². The SMILES string of the molecule is Cc1c(N=O)ccc(O)c1F. The van der Waals surface area contributed by atoms with Gasteiger partial charge in [0.05, 0.1) is 0 Å². The second-order valence-corrected chi connectivity index (χ2v) is 2.13. The Bertz CT molecular complexity index is 299. The number of hydrogen-bond acceptors (Lipinski definition) is 3. The van der Waals surface area contributed by atoms with Crippen molar-refractivity contribution in [3.05, 3.63) is 28.4 Å². The van der Waals surface area contributed by atoms with Crippen LogP contribution in [0.5, 0.6) is 5.75 Å². The number of phenols is 1. The van der Waals surface area contributed by atoms with Crippen molar-refractivity contribution in [1.29, 1.82) is 0 Å². The quantitative estimate of drug-likeness (QED) is 0.632. The van der Waals surface area contributed by atoms with Crippen molar-refractivity contribution < 1.29 is 9.50 Å². The van der Waals surface area contributed by atoms with Gasteiger partial charge in [0.1, 0.15) is 5.69 Å². The summed E-state index contributed by atoms with van der Waals surface area (Å²) in [6, 6.07) is 2.36. The first-order chi connectivity index (χ1) is 5.16. The fourth-order valence-corrected chi connectivity index (χ4v) is 0.759. The Morgan fingerprint density at radius 1 is 1.55 bits per heavy atom. The molecule has 0 aromatic heterocycles. The first-order valence-corrected chi connectivity index (χ1v) is 2.98. The highest BCUT2D eigenvalue weighted by Crippen LogP contribution is 2.26. The summed E-state index contributed by atoms with van der Waals surface area (Å²) in [5.41, 5.74) is 0.0836. The number of rotatable bonds is 1. The minimum Gasteiger partial charge on any atom is -0.505 e. The lowest BCUT2D eigenvalue weighted by molar-refractivity contribution is 0.430. The van der Waals surface area contributed by atoms with Crippen molar-refractivity contribution in [2.75, 3.05) is 0 Å². The van der Waals surface area contributed by atoms with Crippen LogP contribution in [-0.4, -0.2) is 5.11 Å². The first kappa shape index (κ1) is 7.65. The third-order valence-electron chi connectivity index (χ3n) is 1.44. The number of hydrogen-bond donors (Lipinski definition) is 1. The molecule has 58 valence electrons. The molecule has 1 N–H and O–H groups in total. The molecule has 0 fully saturated rings. The predicted octanol–water partition coefficient (Wildman–Crippen LogP) is 2.24. The van der Waals surface area contributed by atoms with E-state index in [4.69, 9.17) is 5.11 Å². The summed E-state index contributed by atoms with van der Waals surface area (Å²) < 4.78 is 12.7. The Morgan fingerprint density at radius 3 is 2.73 bits per heavy atom. The first-order valence-electron chi connectivity index (χ1n) is 2.98. The number of aromatic hydroxyl groups is 1. The summed E-state index contributed by atoms with van der Waals surface area (Å²) in [7, 11) is 0. The minimum absolute atomic E-state index is 0.0142. The highest BCUT2D eigenvalue weighted by Gasteiger charge is 2.08. The molecule has 3 nitrogen and oxygen atoms in total. The normalized spacial score (nSPS) is 9.64. The summed E-state index contributed by atoms with van der Waals surface area (Å²) in [4.78, 5) is 9.99. The monoisotopic (exact) mass is 155 g/mol. The summed E-state index contributed by atoms with van der Waals surface area (Å²) in [5.74, 6) is -1.25. The van der Waals surface area contributed by atoms with Crippen molar-refractivity contribution >= 4 is 5.69 Å². The Kier molecular flexibility index (Phi) is 1.85. The van der Waals surface area contributed by atoms with Gasteiger partial charge in [-0.3, -0.25) is 0 Å². The van der Waals surface area contributed by atoms with E-state index in [2.05, 4.69) is 5.18 Å². The molecule has 11 heavy (non-hydrogen) atoms. The van der Waals surface area contributed by atoms with Crippen LogP contribution in [0.2, 0.25) is 0 Å². The van der Waals surface area contributed by atoms with Crippen molar-refractivity contribution in [2.45, 2.75) is 6.92 Å². The summed E-state index contributed by atoms with van der Waals surface area (Å²) in [6.07, 6.45) is 0. The average molecular weight is 155 g/mol. The zero-order chi connectivity index (χ0) is 8.43. The van der Waals surface area contributed by atoms with Gasteiger partial charge in [0.25, 0.3) is 0 Å². The van der Waals surface area contributed by atoms with Crippen LogP contribution in [0.25, 0.3) is 0 Å². The maximum atomic E-state index is 12.7. The smallest absolute Gasteiger partial charge is 0.169 e. The van der Waals surface area contributed by atoms with E-state index >= 15 is 0 Å². The van der Waals surface area contributed by atoms with Gasteiger partial charge in [-0.25, -0.2) is 4.39 Å². The maximum Gasteiger partial charge on any atom is 0.169 e. The van der Waals surface area contributed by atoms with Gasteiger partial charge in [0, 0.05) is 5.56 Å². The van der Waals surface area contributed by atoms with E-state index in [9.17, 15) is 9.30 Å².